The fourth-order valence-corrected chi connectivity index (χ4v) is 2.21. The number of hydrogen-bond acceptors (Lipinski definition) is 4. The molecule has 1 amide bonds. The van der Waals surface area contributed by atoms with Crippen molar-refractivity contribution in [2.75, 3.05) is 18.4 Å². The molecule has 0 radical (unpaired) electrons. The summed E-state index contributed by atoms with van der Waals surface area (Å²) in [6.45, 7) is 9.91. The van der Waals surface area contributed by atoms with Crippen LogP contribution in [-0.2, 0) is 4.79 Å². The lowest BCUT2D eigenvalue weighted by molar-refractivity contribution is -0.112. The minimum absolute atomic E-state index is 0.0227. The van der Waals surface area contributed by atoms with Gasteiger partial charge in [0.05, 0.1) is 5.69 Å². The fourth-order valence-electron chi connectivity index (χ4n) is 2.21. The number of para-hydroxylation sites is 2. The van der Waals surface area contributed by atoms with E-state index in [1.807, 2.05) is 11.0 Å². The lowest BCUT2D eigenvalue weighted by atomic mass is 10.1. The van der Waals surface area contributed by atoms with Gasteiger partial charge in [0.25, 0.3) is 5.91 Å². The highest BCUT2D eigenvalue weighted by molar-refractivity contribution is 6.07. The zero-order valence-corrected chi connectivity index (χ0v) is 14.2. The van der Waals surface area contributed by atoms with Crippen molar-refractivity contribution in [3.05, 3.63) is 36.0 Å². The van der Waals surface area contributed by atoms with E-state index in [1.54, 1.807) is 24.4 Å². The SMILES string of the molecule is CC(C)CN(/C=C(/C#N)C(=O)Nc1ccccc1O)CC(C)C. The van der Waals surface area contributed by atoms with Crippen molar-refractivity contribution in [1.29, 1.82) is 5.26 Å². The first kappa shape index (κ1) is 18.6. The fraction of sp³-hybridized carbons (Fsp3) is 0.444. The number of benzene rings is 1. The molecule has 0 spiro atoms. The molecule has 0 saturated heterocycles. The van der Waals surface area contributed by atoms with E-state index in [2.05, 4.69) is 33.0 Å². The minimum atomic E-state index is -0.522. The Morgan fingerprint density at radius 2 is 1.83 bits per heavy atom. The summed E-state index contributed by atoms with van der Waals surface area (Å²) < 4.78 is 0. The second-order valence-electron chi connectivity index (χ2n) is 6.37. The zero-order chi connectivity index (χ0) is 17.4. The molecule has 0 fully saturated rings. The van der Waals surface area contributed by atoms with Crippen molar-refractivity contribution in [1.82, 2.24) is 4.90 Å². The Hall–Kier alpha value is -2.48. The smallest absolute Gasteiger partial charge is 0.267 e. The lowest BCUT2D eigenvalue weighted by Crippen LogP contribution is -2.28. The zero-order valence-electron chi connectivity index (χ0n) is 14.2. The molecule has 124 valence electrons. The molecule has 2 N–H and O–H groups in total. The highest BCUT2D eigenvalue weighted by Crippen LogP contribution is 2.22. The van der Waals surface area contributed by atoms with Gasteiger partial charge in [-0.25, -0.2) is 0 Å². The molecule has 0 aromatic heterocycles. The molecule has 23 heavy (non-hydrogen) atoms. The van der Waals surface area contributed by atoms with Crippen LogP contribution in [0.15, 0.2) is 36.0 Å². The molecule has 0 unspecified atom stereocenters. The van der Waals surface area contributed by atoms with E-state index < -0.39 is 5.91 Å². The Morgan fingerprint density at radius 1 is 1.26 bits per heavy atom. The Labute approximate surface area is 138 Å². The number of phenolic OH excluding ortho intramolecular Hbond substituents is 1. The summed E-state index contributed by atoms with van der Waals surface area (Å²) in [6, 6.07) is 8.38. The van der Waals surface area contributed by atoms with Crippen LogP contribution in [0, 0.1) is 23.2 Å². The van der Waals surface area contributed by atoms with Crippen LogP contribution in [-0.4, -0.2) is 29.0 Å². The van der Waals surface area contributed by atoms with Gasteiger partial charge in [-0.2, -0.15) is 5.26 Å². The van der Waals surface area contributed by atoms with E-state index in [1.165, 1.54) is 6.07 Å². The molecular weight excluding hydrogens is 290 g/mol. The van der Waals surface area contributed by atoms with Crippen molar-refractivity contribution in [2.45, 2.75) is 27.7 Å². The largest absolute Gasteiger partial charge is 0.506 e. The third kappa shape index (κ3) is 6.43. The normalized spacial score (nSPS) is 11.4. The summed E-state index contributed by atoms with van der Waals surface area (Å²) in [7, 11) is 0. The number of anilines is 1. The van der Waals surface area contributed by atoms with Gasteiger partial charge >= 0.3 is 0 Å². The first-order valence-electron chi connectivity index (χ1n) is 7.78. The van der Waals surface area contributed by atoms with E-state index in [-0.39, 0.29) is 17.0 Å². The van der Waals surface area contributed by atoms with Crippen LogP contribution in [0.25, 0.3) is 0 Å². The van der Waals surface area contributed by atoms with Crippen molar-refractivity contribution < 1.29 is 9.90 Å². The number of aromatic hydroxyl groups is 1. The summed E-state index contributed by atoms with van der Waals surface area (Å²) >= 11 is 0. The molecule has 5 heteroatoms. The number of hydrogen-bond donors (Lipinski definition) is 2. The number of carbonyl (C=O) groups is 1. The average molecular weight is 315 g/mol. The van der Waals surface area contributed by atoms with Gasteiger partial charge in [-0.1, -0.05) is 39.8 Å². The molecule has 0 aliphatic carbocycles. The van der Waals surface area contributed by atoms with Crippen LogP contribution in [0.4, 0.5) is 5.69 Å². The van der Waals surface area contributed by atoms with Gasteiger partial charge < -0.3 is 15.3 Å². The second-order valence-corrected chi connectivity index (χ2v) is 6.37. The molecule has 0 bridgehead atoms. The summed E-state index contributed by atoms with van der Waals surface area (Å²) in [5.74, 6) is 0.295. The number of nitrogens with zero attached hydrogens (tertiary/aromatic N) is 2. The Morgan fingerprint density at radius 3 is 2.30 bits per heavy atom. The van der Waals surface area contributed by atoms with E-state index >= 15 is 0 Å². The molecule has 1 aromatic rings. The van der Waals surface area contributed by atoms with Crippen LogP contribution >= 0.6 is 0 Å². The van der Waals surface area contributed by atoms with Crippen molar-refractivity contribution in [3.8, 4) is 11.8 Å². The van der Waals surface area contributed by atoms with Crippen LogP contribution in [0.5, 0.6) is 5.75 Å². The van der Waals surface area contributed by atoms with E-state index in [0.29, 0.717) is 11.8 Å². The monoisotopic (exact) mass is 315 g/mol. The molecule has 1 rings (SSSR count). The number of carbonyl (C=O) groups excluding carboxylic acids is 1. The minimum Gasteiger partial charge on any atom is -0.506 e. The molecule has 0 aliphatic rings. The van der Waals surface area contributed by atoms with Gasteiger partial charge in [0.1, 0.15) is 17.4 Å². The van der Waals surface area contributed by atoms with Crippen LogP contribution in [0.2, 0.25) is 0 Å². The third-order valence-corrected chi connectivity index (χ3v) is 3.03. The Kier molecular flexibility index (Phi) is 7.14. The number of nitrogens with one attached hydrogen (secondary N) is 1. The maximum atomic E-state index is 12.3. The summed E-state index contributed by atoms with van der Waals surface area (Å²) in [5, 5.41) is 21.6. The lowest BCUT2D eigenvalue weighted by Gasteiger charge is -2.25. The summed E-state index contributed by atoms with van der Waals surface area (Å²) in [4.78, 5) is 14.3. The molecule has 0 saturated carbocycles. The first-order chi connectivity index (χ1) is 10.8. The standard InChI is InChI=1S/C18H25N3O2/c1-13(2)10-21(11-14(3)4)12-15(9-19)18(23)20-16-7-5-6-8-17(16)22/h5-8,12-14,22H,10-11H2,1-4H3,(H,20,23)/b15-12-. The predicted molar refractivity (Wildman–Crippen MR) is 91.7 cm³/mol. The van der Waals surface area contributed by atoms with E-state index in [0.717, 1.165) is 13.1 Å². The molecule has 0 aliphatic heterocycles. The highest BCUT2D eigenvalue weighted by atomic mass is 16.3. The van der Waals surface area contributed by atoms with Gasteiger partial charge in [0, 0.05) is 19.3 Å². The van der Waals surface area contributed by atoms with Crippen LogP contribution in [0.1, 0.15) is 27.7 Å². The average Bonchev–Trinajstić information content (AvgIpc) is 2.45. The van der Waals surface area contributed by atoms with Crippen molar-refractivity contribution >= 4 is 11.6 Å². The quantitative estimate of drug-likeness (QED) is 0.459. The van der Waals surface area contributed by atoms with Crippen LogP contribution in [0.3, 0.4) is 0 Å². The highest BCUT2D eigenvalue weighted by Gasteiger charge is 2.14. The summed E-state index contributed by atoms with van der Waals surface area (Å²) in [6.07, 6.45) is 1.61. The van der Waals surface area contributed by atoms with Gasteiger partial charge in [-0.3, -0.25) is 4.79 Å². The molecular formula is C18H25N3O2. The number of amides is 1. The number of nitriles is 1. The van der Waals surface area contributed by atoms with E-state index in [9.17, 15) is 15.2 Å². The van der Waals surface area contributed by atoms with Crippen LogP contribution < -0.4 is 5.32 Å². The van der Waals surface area contributed by atoms with Crippen molar-refractivity contribution in [3.63, 3.8) is 0 Å². The third-order valence-electron chi connectivity index (χ3n) is 3.03. The van der Waals surface area contributed by atoms with Gasteiger partial charge in [0.2, 0.25) is 0 Å². The van der Waals surface area contributed by atoms with E-state index in [4.69, 9.17) is 0 Å². The number of phenols is 1. The topological polar surface area (TPSA) is 76.4 Å². The first-order valence-corrected chi connectivity index (χ1v) is 7.78. The van der Waals surface area contributed by atoms with Gasteiger partial charge in [-0.05, 0) is 24.0 Å². The van der Waals surface area contributed by atoms with Gasteiger partial charge in [0.15, 0.2) is 0 Å². The molecule has 5 nitrogen and oxygen atoms in total. The molecule has 1 aromatic carbocycles. The maximum absolute atomic E-state index is 12.3. The predicted octanol–water partition coefficient (Wildman–Crippen LogP) is 3.35. The van der Waals surface area contributed by atoms with Gasteiger partial charge in [-0.15, -0.1) is 0 Å². The Bertz CT molecular complexity index is 591. The summed E-state index contributed by atoms with van der Waals surface area (Å²) in [5.41, 5.74) is 0.312. The van der Waals surface area contributed by atoms with Crippen molar-refractivity contribution in [2.24, 2.45) is 11.8 Å². The maximum Gasteiger partial charge on any atom is 0.267 e. The Balaban J connectivity index is 2.92. The second kappa shape index (κ2) is 8.84. The molecule has 0 heterocycles. The molecule has 0 atom stereocenters. The number of rotatable bonds is 7.